The van der Waals surface area contributed by atoms with Gasteiger partial charge in [-0.15, -0.1) is 0 Å². The van der Waals surface area contributed by atoms with Gasteiger partial charge in [-0.25, -0.2) is 19.7 Å². The first-order valence-electron chi connectivity index (χ1n) is 11.1. The Morgan fingerprint density at radius 3 is 2.49 bits per heavy atom. The molecule has 0 bridgehead atoms. The van der Waals surface area contributed by atoms with Crippen molar-refractivity contribution >= 4 is 17.9 Å². The van der Waals surface area contributed by atoms with Crippen LogP contribution < -0.4 is 15.4 Å². The molecule has 35 heavy (non-hydrogen) atoms. The summed E-state index contributed by atoms with van der Waals surface area (Å²) in [6.45, 7) is 1.08. The number of nitrogens with two attached hydrogens (primary N) is 1. The molecule has 3 heterocycles. The van der Waals surface area contributed by atoms with Crippen LogP contribution >= 0.6 is 0 Å². The van der Waals surface area contributed by atoms with Crippen molar-refractivity contribution in [1.82, 2.24) is 29.7 Å². The fraction of sp³-hybridized carbons (Fsp3) is 0.571. The minimum absolute atomic E-state index is 0.146. The summed E-state index contributed by atoms with van der Waals surface area (Å²) < 4.78 is 49.3. The maximum atomic E-state index is 12.6. The van der Waals surface area contributed by atoms with E-state index in [9.17, 15) is 18.0 Å². The van der Waals surface area contributed by atoms with Crippen molar-refractivity contribution in [3.8, 4) is 17.1 Å². The number of carbonyl (C=O) groups excluding carboxylic acids is 1. The van der Waals surface area contributed by atoms with Gasteiger partial charge in [0.15, 0.2) is 0 Å². The Morgan fingerprint density at radius 2 is 1.86 bits per heavy atom. The van der Waals surface area contributed by atoms with Crippen molar-refractivity contribution in [2.75, 3.05) is 57.6 Å². The molecule has 1 aliphatic carbocycles. The number of nitrogen functional groups attached to an aromatic ring is 1. The number of aromatic nitrogens is 4. The minimum Gasteiger partial charge on any atom is -0.474 e. The minimum atomic E-state index is -4.45. The van der Waals surface area contributed by atoms with Crippen molar-refractivity contribution in [2.45, 2.75) is 31.2 Å². The second-order valence-electron chi connectivity index (χ2n) is 8.55. The highest BCUT2D eigenvalue weighted by Gasteiger charge is 2.39. The van der Waals surface area contributed by atoms with E-state index in [2.05, 4.69) is 19.9 Å². The number of rotatable bonds is 6. The number of anilines is 2. The molecule has 190 valence electrons. The zero-order valence-corrected chi connectivity index (χ0v) is 19.4. The van der Waals surface area contributed by atoms with Crippen LogP contribution in [-0.4, -0.2) is 101 Å². The maximum absolute atomic E-state index is 12.6. The topological polar surface area (TPSA) is 123 Å². The second kappa shape index (κ2) is 10.1. The van der Waals surface area contributed by atoms with Gasteiger partial charge in [0, 0.05) is 70.1 Å². The molecule has 0 spiro atoms. The molecule has 14 heteroatoms. The summed E-state index contributed by atoms with van der Waals surface area (Å²) in [7, 11) is 2.63. The maximum Gasteiger partial charge on any atom is 0.406 e. The van der Waals surface area contributed by atoms with E-state index in [0.29, 0.717) is 67.1 Å². The van der Waals surface area contributed by atoms with Gasteiger partial charge in [-0.3, -0.25) is 0 Å². The number of morpholine rings is 1. The molecule has 4 rings (SSSR count). The number of urea groups is 1. The van der Waals surface area contributed by atoms with Gasteiger partial charge in [-0.2, -0.15) is 18.2 Å². The molecule has 2 fully saturated rings. The van der Waals surface area contributed by atoms with Gasteiger partial charge in [0.2, 0.25) is 17.8 Å². The molecular formula is C21H27F3N8O3. The molecular weight excluding hydrogens is 469 g/mol. The van der Waals surface area contributed by atoms with E-state index >= 15 is 0 Å². The normalized spacial score (nSPS) is 20.2. The number of hydrogen-bond acceptors (Lipinski definition) is 9. The summed E-state index contributed by atoms with van der Waals surface area (Å²) in [6.07, 6.45) is -0.622. The summed E-state index contributed by atoms with van der Waals surface area (Å²) in [4.78, 5) is 33.5. The Morgan fingerprint density at radius 1 is 1.20 bits per heavy atom. The van der Waals surface area contributed by atoms with Gasteiger partial charge in [-0.05, 0) is 0 Å². The van der Waals surface area contributed by atoms with E-state index in [-0.39, 0.29) is 18.1 Å². The largest absolute Gasteiger partial charge is 0.474 e. The number of amides is 2. The highest BCUT2D eigenvalue weighted by molar-refractivity contribution is 5.74. The molecule has 0 aromatic carbocycles. The second-order valence-corrected chi connectivity index (χ2v) is 8.55. The van der Waals surface area contributed by atoms with Crippen LogP contribution in [0.4, 0.5) is 29.9 Å². The number of hydrogen-bond donors (Lipinski definition) is 1. The van der Waals surface area contributed by atoms with E-state index in [1.165, 1.54) is 11.9 Å². The first-order chi connectivity index (χ1) is 16.6. The summed E-state index contributed by atoms with van der Waals surface area (Å²) in [5.41, 5.74) is 6.80. The lowest BCUT2D eigenvalue weighted by molar-refractivity contribution is -0.139. The molecule has 1 aliphatic heterocycles. The smallest absolute Gasteiger partial charge is 0.406 e. The van der Waals surface area contributed by atoms with E-state index in [4.69, 9.17) is 15.2 Å². The van der Waals surface area contributed by atoms with Crippen molar-refractivity contribution < 1.29 is 27.4 Å². The average Bonchev–Trinajstić information content (AvgIpc) is 2.80. The van der Waals surface area contributed by atoms with E-state index < -0.39 is 18.8 Å². The number of carbonyl (C=O) groups is 1. The van der Waals surface area contributed by atoms with Crippen molar-refractivity contribution in [3.05, 3.63) is 18.5 Å². The van der Waals surface area contributed by atoms with Crippen LogP contribution in [0, 0.1) is 0 Å². The van der Waals surface area contributed by atoms with Crippen molar-refractivity contribution in [2.24, 2.45) is 0 Å². The van der Waals surface area contributed by atoms with Crippen LogP contribution in [-0.2, 0) is 4.74 Å². The molecule has 0 radical (unpaired) electrons. The molecule has 2 aromatic heterocycles. The number of ether oxygens (including phenoxy) is 2. The zero-order valence-electron chi connectivity index (χ0n) is 19.4. The first kappa shape index (κ1) is 24.7. The Bertz CT molecular complexity index is 1030. The van der Waals surface area contributed by atoms with Crippen molar-refractivity contribution in [3.63, 3.8) is 0 Å². The third-order valence-corrected chi connectivity index (χ3v) is 5.90. The monoisotopic (exact) mass is 496 g/mol. The van der Waals surface area contributed by atoms with Gasteiger partial charge in [0.05, 0.1) is 18.9 Å². The number of halogens is 3. The molecule has 1 saturated carbocycles. The molecule has 2 amide bonds. The quantitative estimate of drug-likeness (QED) is 0.638. The third kappa shape index (κ3) is 6.18. The Labute approximate surface area is 200 Å². The molecule has 2 aliphatic rings. The highest BCUT2D eigenvalue weighted by atomic mass is 19.4. The van der Waals surface area contributed by atoms with Crippen LogP contribution in [0.15, 0.2) is 18.5 Å². The lowest BCUT2D eigenvalue weighted by atomic mass is 9.88. The fourth-order valence-electron chi connectivity index (χ4n) is 3.88. The van der Waals surface area contributed by atoms with Crippen LogP contribution in [0.5, 0.6) is 5.88 Å². The highest BCUT2D eigenvalue weighted by Crippen LogP contribution is 2.32. The summed E-state index contributed by atoms with van der Waals surface area (Å²) in [5.74, 6) is 0.974. The van der Waals surface area contributed by atoms with Crippen molar-refractivity contribution in [1.29, 1.82) is 0 Å². The van der Waals surface area contributed by atoms with E-state index in [0.717, 1.165) is 7.05 Å². The van der Waals surface area contributed by atoms with Crippen LogP contribution in [0.25, 0.3) is 11.3 Å². The zero-order chi connectivity index (χ0) is 25.2. The van der Waals surface area contributed by atoms with Crippen LogP contribution in [0.3, 0.4) is 0 Å². The van der Waals surface area contributed by atoms with Gasteiger partial charge in [0.1, 0.15) is 12.6 Å². The molecule has 0 atom stereocenters. The van der Waals surface area contributed by atoms with Gasteiger partial charge in [-0.1, -0.05) is 0 Å². The Balaban J connectivity index is 1.44. The molecule has 0 unspecified atom stereocenters. The SMILES string of the molecule is CN(CC(F)(F)F)C(=O)N(C)[C@H]1C[C@H](Oc2cc(-c3cnc(N)nc3)nc(N3CCOCC3)n2)C1. The third-order valence-electron chi connectivity index (χ3n) is 5.90. The predicted octanol–water partition coefficient (Wildman–Crippen LogP) is 1.81. The van der Waals surface area contributed by atoms with Gasteiger partial charge < -0.3 is 29.9 Å². The number of alkyl halides is 3. The molecule has 11 nitrogen and oxygen atoms in total. The lowest BCUT2D eigenvalue weighted by Gasteiger charge is -2.41. The van der Waals surface area contributed by atoms with Gasteiger partial charge >= 0.3 is 12.2 Å². The first-order valence-corrected chi connectivity index (χ1v) is 11.1. The fourth-order valence-corrected chi connectivity index (χ4v) is 3.88. The summed E-state index contributed by atoms with van der Waals surface area (Å²) in [5, 5.41) is 0. The predicted molar refractivity (Wildman–Crippen MR) is 120 cm³/mol. The molecule has 1 saturated heterocycles. The van der Waals surface area contributed by atoms with E-state index in [1.54, 1.807) is 18.5 Å². The Kier molecular flexibility index (Phi) is 7.10. The molecule has 2 aromatic rings. The van der Waals surface area contributed by atoms with Crippen LogP contribution in [0.2, 0.25) is 0 Å². The molecule has 2 N–H and O–H groups in total. The average molecular weight is 496 g/mol. The number of nitrogens with zero attached hydrogens (tertiary/aromatic N) is 7. The lowest BCUT2D eigenvalue weighted by Crippen LogP contribution is -2.54. The van der Waals surface area contributed by atoms with Crippen LogP contribution in [0.1, 0.15) is 12.8 Å². The summed E-state index contributed by atoms with van der Waals surface area (Å²) in [6, 6.07) is 0.764. The van der Waals surface area contributed by atoms with E-state index in [1.807, 2.05) is 4.90 Å². The Hall–Kier alpha value is -3.42. The van der Waals surface area contributed by atoms with Gasteiger partial charge in [0.25, 0.3) is 0 Å². The standard InChI is InChI=1S/C21H27F3N8O3/c1-30(12-21(22,23)24)20(33)31(2)14-7-15(8-14)35-17-9-16(13-10-26-18(25)27-11-13)28-19(29-17)32-3-5-34-6-4-32/h9-11,14-15H,3-8,12H2,1-2H3,(H2,25,26,27)/t14-,15-. The summed E-state index contributed by atoms with van der Waals surface area (Å²) >= 11 is 0.